The van der Waals surface area contributed by atoms with Crippen molar-refractivity contribution in [1.82, 2.24) is 9.88 Å². The van der Waals surface area contributed by atoms with Crippen LogP contribution >= 0.6 is 11.6 Å². The molecule has 2 aromatic rings. The number of nitrogens with zero attached hydrogens (tertiary/aromatic N) is 2. The Hall–Kier alpha value is -2.66. The minimum atomic E-state index is -0.773. The molecule has 1 aliphatic carbocycles. The molecule has 1 fully saturated rings. The number of likely N-dealkylation sites (tertiary alicyclic amines) is 1. The van der Waals surface area contributed by atoms with Crippen LogP contribution < -0.4 is 0 Å². The van der Waals surface area contributed by atoms with Gasteiger partial charge in [0.05, 0.1) is 12.3 Å². The van der Waals surface area contributed by atoms with E-state index in [1.807, 2.05) is 24.4 Å². The number of aromatic nitrogens is 1. The number of ether oxygens (including phenoxy) is 1. The molecule has 0 bridgehead atoms. The van der Waals surface area contributed by atoms with E-state index in [4.69, 9.17) is 21.3 Å². The quantitative estimate of drug-likeness (QED) is 0.529. The molecular formula is C23H23ClN2O3. The molecule has 6 heteroatoms. The van der Waals surface area contributed by atoms with Gasteiger partial charge < -0.3 is 9.64 Å². The van der Waals surface area contributed by atoms with Gasteiger partial charge in [-0.05, 0) is 67.5 Å². The lowest BCUT2D eigenvalue weighted by Gasteiger charge is -2.29. The van der Waals surface area contributed by atoms with Crippen LogP contribution in [0, 0.1) is 0 Å². The van der Waals surface area contributed by atoms with Crippen molar-refractivity contribution in [2.24, 2.45) is 0 Å². The molecule has 1 aromatic heterocycles. The minimum Gasteiger partial charge on any atom is -0.459 e. The van der Waals surface area contributed by atoms with Gasteiger partial charge in [-0.2, -0.15) is 0 Å². The van der Waals surface area contributed by atoms with Crippen LogP contribution in [0.2, 0.25) is 5.02 Å². The topological polar surface area (TPSA) is 59.5 Å². The molecule has 2 heterocycles. The van der Waals surface area contributed by atoms with Crippen molar-refractivity contribution in [3.05, 3.63) is 69.5 Å². The molecule has 0 spiro atoms. The van der Waals surface area contributed by atoms with Crippen molar-refractivity contribution in [2.75, 3.05) is 19.7 Å². The summed E-state index contributed by atoms with van der Waals surface area (Å²) in [5.74, 6) is -1.33. The number of pyridine rings is 1. The van der Waals surface area contributed by atoms with Crippen molar-refractivity contribution in [3.8, 4) is 0 Å². The first-order chi connectivity index (χ1) is 14.1. The average molecular weight is 411 g/mol. The lowest BCUT2D eigenvalue weighted by molar-refractivity contribution is -0.160. The lowest BCUT2D eigenvalue weighted by atomic mass is 9.88. The summed E-state index contributed by atoms with van der Waals surface area (Å²) in [6.07, 6.45) is 5.08. The van der Waals surface area contributed by atoms with Crippen molar-refractivity contribution in [2.45, 2.75) is 32.6 Å². The minimum absolute atomic E-state index is 0.204. The van der Waals surface area contributed by atoms with E-state index in [9.17, 15) is 9.59 Å². The number of hydrogen-bond donors (Lipinski definition) is 0. The summed E-state index contributed by atoms with van der Waals surface area (Å²) in [5.41, 5.74) is 7.08. The van der Waals surface area contributed by atoms with Gasteiger partial charge in [0.1, 0.15) is 0 Å². The van der Waals surface area contributed by atoms with Crippen molar-refractivity contribution in [1.29, 1.82) is 0 Å². The summed E-state index contributed by atoms with van der Waals surface area (Å²) >= 11 is 6.26. The lowest BCUT2D eigenvalue weighted by Crippen LogP contribution is -2.41. The Morgan fingerprint density at radius 2 is 1.86 bits per heavy atom. The smallest absolute Gasteiger partial charge is 0.397 e. The molecule has 4 rings (SSSR count). The third kappa shape index (κ3) is 3.92. The predicted molar refractivity (Wildman–Crippen MR) is 112 cm³/mol. The van der Waals surface area contributed by atoms with Gasteiger partial charge in [0.15, 0.2) is 0 Å². The number of halogens is 1. The molecule has 0 saturated carbocycles. The van der Waals surface area contributed by atoms with E-state index in [-0.39, 0.29) is 6.61 Å². The Balaban J connectivity index is 1.70. The summed E-state index contributed by atoms with van der Waals surface area (Å²) in [6.45, 7) is 2.91. The number of carbonyl (C=O) groups excluding carboxylic acids is 2. The fourth-order valence-corrected chi connectivity index (χ4v) is 4.38. The number of fused-ring (bicyclic) bond motifs is 2. The van der Waals surface area contributed by atoms with Gasteiger partial charge >= 0.3 is 11.9 Å². The molecule has 0 radical (unpaired) electrons. The maximum absolute atomic E-state index is 12.3. The number of rotatable bonds is 1. The Labute approximate surface area is 175 Å². The van der Waals surface area contributed by atoms with Crippen LogP contribution in [0.5, 0.6) is 0 Å². The first-order valence-corrected chi connectivity index (χ1v) is 10.4. The van der Waals surface area contributed by atoms with Gasteiger partial charge in [-0.3, -0.25) is 9.78 Å². The fourth-order valence-electron chi connectivity index (χ4n) is 4.18. The highest BCUT2D eigenvalue weighted by Gasteiger charge is 2.29. The molecule has 0 N–H and O–H groups in total. The van der Waals surface area contributed by atoms with Crippen LogP contribution in [0.4, 0.5) is 0 Å². The molecular weight excluding hydrogens is 388 g/mol. The van der Waals surface area contributed by atoms with Gasteiger partial charge in [-0.15, -0.1) is 0 Å². The predicted octanol–water partition coefficient (Wildman–Crippen LogP) is 3.82. The molecule has 0 atom stereocenters. The maximum Gasteiger partial charge on any atom is 0.397 e. The second kappa shape index (κ2) is 8.37. The van der Waals surface area contributed by atoms with Crippen molar-refractivity contribution < 1.29 is 14.3 Å². The Bertz CT molecular complexity index is 989. The van der Waals surface area contributed by atoms with Gasteiger partial charge in [-0.1, -0.05) is 29.3 Å². The van der Waals surface area contributed by atoms with E-state index < -0.39 is 11.9 Å². The highest BCUT2D eigenvalue weighted by atomic mass is 35.5. The first-order valence-electron chi connectivity index (χ1n) is 9.99. The number of hydrogen-bond acceptors (Lipinski definition) is 4. The fraction of sp³-hybridized carbons (Fsp3) is 0.348. The van der Waals surface area contributed by atoms with Gasteiger partial charge in [0.25, 0.3) is 0 Å². The molecule has 1 aliphatic heterocycles. The molecule has 0 unspecified atom stereocenters. The van der Waals surface area contributed by atoms with Crippen LogP contribution in [-0.2, 0) is 27.2 Å². The highest BCUT2D eigenvalue weighted by Crippen LogP contribution is 2.38. The molecule has 1 amide bonds. The average Bonchev–Trinajstić information content (AvgIpc) is 2.90. The third-order valence-corrected chi connectivity index (χ3v) is 5.82. The SMILES string of the molecule is CCOC(=O)C(=O)N1CCC(=C2c3ccc(Cl)cc3CCc3cccnc32)CC1. The zero-order valence-electron chi connectivity index (χ0n) is 16.4. The Morgan fingerprint density at radius 1 is 1.10 bits per heavy atom. The van der Waals surface area contributed by atoms with E-state index in [0.717, 1.165) is 29.1 Å². The van der Waals surface area contributed by atoms with Crippen molar-refractivity contribution in [3.63, 3.8) is 0 Å². The van der Waals surface area contributed by atoms with Gasteiger partial charge in [-0.25, -0.2) is 4.79 Å². The normalized spacial score (nSPS) is 16.0. The largest absolute Gasteiger partial charge is 0.459 e. The summed E-state index contributed by atoms with van der Waals surface area (Å²) in [5, 5.41) is 0.738. The van der Waals surface area contributed by atoms with Crippen LogP contribution in [0.25, 0.3) is 5.57 Å². The number of amides is 1. The Morgan fingerprint density at radius 3 is 2.62 bits per heavy atom. The monoisotopic (exact) mass is 410 g/mol. The van der Waals surface area contributed by atoms with Crippen LogP contribution in [0.15, 0.2) is 42.1 Å². The number of piperidine rings is 1. The van der Waals surface area contributed by atoms with Crippen LogP contribution in [0.3, 0.4) is 0 Å². The summed E-state index contributed by atoms with van der Waals surface area (Å²) in [4.78, 5) is 30.4. The number of aryl methyl sites for hydroxylation is 2. The maximum atomic E-state index is 12.3. The van der Waals surface area contributed by atoms with E-state index >= 15 is 0 Å². The number of benzene rings is 1. The number of esters is 1. The summed E-state index contributed by atoms with van der Waals surface area (Å²) in [7, 11) is 0. The van der Waals surface area contributed by atoms with Gasteiger partial charge in [0.2, 0.25) is 0 Å². The van der Waals surface area contributed by atoms with E-state index in [0.29, 0.717) is 25.9 Å². The second-order valence-electron chi connectivity index (χ2n) is 7.30. The summed E-state index contributed by atoms with van der Waals surface area (Å²) in [6, 6.07) is 10.2. The van der Waals surface area contributed by atoms with Crippen LogP contribution in [0.1, 0.15) is 42.1 Å². The Kier molecular flexibility index (Phi) is 5.67. The number of carbonyl (C=O) groups is 2. The van der Waals surface area contributed by atoms with Gasteiger partial charge in [0, 0.05) is 29.9 Å². The first kappa shape index (κ1) is 19.6. The summed E-state index contributed by atoms with van der Waals surface area (Å²) < 4.78 is 4.86. The third-order valence-electron chi connectivity index (χ3n) is 5.59. The highest BCUT2D eigenvalue weighted by molar-refractivity contribution is 6.32. The van der Waals surface area contributed by atoms with E-state index in [2.05, 4.69) is 12.1 Å². The molecule has 1 aromatic carbocycles. The zero-order chi connectivity index (χ0) is 20.4. The second-order valence-corrected chi connectivity index (χ2v) is 7.74. The molecule has 1 saturated heterocycles. The zero-order valence-corrected chi connectivity index (χ0v) is 17.2. The standard InChI is InChI=1S/C23H23ClN2O3/c1-2-29-23(28)22(27)26-12-9-15(10-13-26)20-19-8-7-18(24)14-17(19)6-5-16-4-3-11-25-21(16)20/h3-4,7-8,11,14H,2,5-6,9-10,12-13H2,1H3. The van der Waals surface area contributed by atoms with Crippen LogP contribution in [-0.4, -0.2) is 41.5 Å². The molecule has 29 heavy (non-hydrogen) atoms. The molecule has 2 aliphatic rings. The molecule has 150 valence electrons. The van der Waals surface area contributed by atoms with E-state index in [1.165, 1.54) is 22.3 Å². The van der Waals surface area contributed by atoms with Crippen molar-refractivity contribution >= 4 is 29.1 Å². The molecule has 5 nitrogen and oxygen atoms in total. The van der Waals surface area contributed by atoms with E-state index in [1.54, 1.807) is 11.8 Å².